The van der Waals surface area contributed by atoms with Crippen molar-refractivity contribution >= 4 is 23.2 Å². The van der Waals surface area contributed by atoms with Crippen LogP contribution in [0.4, 0.5) is 17.3 Å². The zero-order valence-corrected chi connectivity index (χ0v) is 7.66. The average Bonchev–Trinajstić information content (AvgIpc) is 2.10. The van der Waals surface area contributed by atoms with Gasteiger partial charge in [-0.3, -0.25) is 4.79 Å². The Morgan fingerprint density at radius 1 is 1.43 bits per heavy atom. The highest BCUT2D eigenvalue weighted by atomic mass is 16.1. The fourth-order valence-electron chi connectivity index (χ4n) is 0.898. The molecule has 1 rings (SSSR count). The van der Waals surface area contributed by atoms with Crippen LogP contribution >= 0.6 is 0 Å². The number of carbonyl (C=O) groups is 1. The molecule has 14 heavy (non-hydrogen) atoms. The quantitative estimate of drug-likeness (QED) is 0.517. The van der Waals surface area contributed by atoms with Crippen LogP contribution in [0.5, 0.6) is 0 Å². The van der Waals surface area contributed by atoms with Crippen LogP contribution in [0.2, 0.25) is 0 Å². The summed E-state index contributed by atoms with van der Waals surface area (Å²) in [7, 11) is 0. The molecule has 1 heterocycles. The second-order valence-corrected chi connectivity index (χ2v) is 2.81. The third kappa shape index (κ3) is 2.81. The van der Waals surface area contributed by atoms with E-state index in [0.29, 0.717) is 18.1 Å². The normalized spacial score (nSPS) is 9.71. The van der Waals surface area contributed by atoms with Crippen molar-refractivity contribution in [1.82, 2.24) is 4.98 Å². The Morgan fingerprint density at radius 2 is 2.14 bits per heavy atom. The second-order valence-electron chi connectivity index (χ2n) is 2.81. The highest BCUT2D eigenvalue weighted by molar-refractivity contribution is 5.74. The number of nitrogens with zero attached hydrogens (tertiary/aromatic N) is 1. The Hall–Kier alpha value is -1.98. The summed E-state index contributed by atoms with van der Waals surface area (Å²) in [4.78, 5) is 14.4. The van der Waals surface area contributed by atoms with E-state index in [1.807, 2.05) is 0 Å². The van der Waals surface area contributed by atoms with E-state index in [0.717, 1.165) is 0 Å². The Kier molecular flexibility index (Phi) is 3.11. The summed E-state index contributed by atoms with van der Waals surface area (Å²) in [5.74, 6) is 0.493. The van der Waals surface area contributed by atoms with Gasteiger partial charge in [0.05, 0.1) is 5.69 Å². The molecule has 0 spiro atoms. The van der Waals surface area contributed by atoms with Gasteiger partial charge < -0.3 is 22.5 Å². The number of nitrogen functional groups attached to an aromatic ring is 2. The van der Waals surface area contributed by atoms with Gasteiger partial charge in [-0.25, -0.2) is 4.98 Å². The molecule has 0 radical (unpaired) electrons. The summed E-state index contributed by atoms with van der Waals surface area (Å²) in [5.41, 5.74) is 16.4. The van der Waals surface area contributed by atoms with Crippen molar-refractivity contribution in [2.24, 2.45) is 5.73 Å². The minimum absolute atomic E-state index is 0.256. The third-order valence-corrected chi connectivity index (χ3v) is 1.63. The Labute approximate surface area is 81.5 Å². The van der Waals surface area contributed by atoms with E-state index in [1.165, 1.54) is 0 Å². The first-order chi connectivity index (χ1) is 6.59. The zero-order valence-electron chi connectivity index (χ0n) is 7.66. The Morgan fingerprint density at radius 3 is 2.71 bits per heavy atom. The van der Waals surface area contributed by atoms with E-state index in [4.69, 9.17) is 17.2 Å². The molecule has 6 heteroatoms. The molecule has 0 unspecified atom stereocenters. The molecule has 0 bridgehead atoms. The summed E-state index contributed by atoms with van der Waals surface area (Å²) in [6.45, 7) is 0.436. The molecule has 0 atom stereocenters. The molecule has 7 N–H and O–H groups in total. The Balaban J connectivity index is 2.51. The van der Waals surface area contributed by atoms with E-state index in [1.54, 1.807) is 12.1 Å². The van der Waals surface area contributed by atoms with Crippen molar-refractivity contribution in [1.29, 1.82) is 0 Å². The minimum Gasteiger partial charge on any atom is -0.396 e. The lowest BCUT2D eigenvalue weighted by atomic mass is 10.3. The number of carbonyl (C=O) groups excluding carboxylic acids is 1. The molecule has 0 aliphatic carbocycles. The fraction of sp³-hybridized carbons (Fsp3) is 0.250. The molecular formula is C8H13N5O. The number of anilines is 3. The van der Waals surface area contributed by atoms with Gasteiger partial charge in [0.15, 0.2) is 0 Å². The molecule has 0 saturated carbocycles. The number of nitrogens with one attached hydrogen (secondary N) is 1. The largest absolute Gasteiger partial charge is 0.396 e. The SMILES string of the molecule is NC(=O)CCNc1ccc(N)c(N)n1. The minimum atomic E-state index is -0.360. The van der Waals surface area contributed by atoms with E-state index in [9.17, 15) is 4.79 Å². The summed E-state index contributed by atoms with van der Waals surface area (Å²) in [6, 6.07) is 3.33. The van der Waals surface area contributed by atoms with Gasteiger partial charge in [0.25, 0.3) is 0 Å². The van der Waals surface area contributed by atoms with Gasteiger partial charge in [0, 0.05) is 13.0 Å². The van der Waals surface area contributed by atoms with E-state index in [-0.39, 0.29) is 18.1 Å². The van der Waals surface area contributed by atoms with Crippen molar-refractivity contribution in [3.05, 3.63) is 12.1 Å². The molecule has 1 aromatic rings. The van der Waals surface area contributed by atoms with Gasteiger partial charge in [-0.2, -0.15) is 0 Å². The zero-order chi connectivity index (χ0) is 10.6. The maximum atomic E-state index is 10.4. The molecule has 0 aliphatic heterocycles. The molecule has 1 aromatic heterocycles. The smallest absolute Gasteiger partial charge is 0.219 e. The van der Waals surface area contributed by atoms with Crippen molar-refractivity contribution in [2.75, 3.05) is 23.3 Å². The van der Waals surface area contributed by atoms with Crippen LogP contribution in [0.1, 0.15) is 6.42 Å². The van der Waals surface area contributed by atoms with Crippen molar-refractivity contribution in [3.8, 4) is 0 Å². The lowest BCUT2D eigenvalue weighted by Crippen LogP contribution is -2.16. The maximum absolute atomic E-state index is 10.4. The van der Waals surface area contributed by atoms with E-state index < -0.39 is 0 Å². The fourth-order valence-corrected chi connectivity index (χ4v) is 0.898. The average molecular weight is 195 g/mol. The van der Waals surface area contributed by atoms with Crippen LogP contribution in [0, 0.1) is 0 Å². The van der Waals surface area contributed by atoms with E-state index >= 15 is 0 Å². The first kappa shape index (κ1) is 10.1. The molecule has 0 fully saturated rings. The van der Waals surface area contributed by atoms with Crippen LogP contribution < -0.4 is 22.5 Å². The van der Waals surface area contributed by atoms with Crippen LogP contribution in [0.25, 0.3) is 0 Å². The topological polar surface area (TPSA) is 120 Å². The lowest BCUT2D eigenvalue weighted by Gasteiger charge is -2.05. The number of primary amides is 1. The second kappa shape index (κ2) is 4.31. The molecule has 0 aliphatic rings. The maximum Gasteiger partial charge on any atom is 0.219 e. The summed E-state index contributed by atoms with van der Waals surface area (Å²) >= 11 is 0. The number of hydrogen-bond donors (Lipinski definition) is 4. The van der Waals surface area contributed by atoms with Crippen LogP contribution in [-0.4, -0.2) is 17.4 Å². The highest BCUT2D eigenvalue weighted by Crippen LogP contribution is 2.14. The predicted molar refractivity (Wildman–Crippen MR) is 55.4 cm³/mol. The molecule has 1 amide bonds. The van der Waals surface area contributed by atoms with Gasteiger partial charge in [-0.1, -0.05) is 0 Å². The van der Waals surface area contributed by atoms with Crippen LogP contribution in [0.15, 0.2) is 12.1 Å². The molecular weight excluding hydrogens is 182 g/mol. The number of pyridine rings is 1. The summed E-state index contributed by atoms with van der Waals surface area (Å²) in [6.07, 6.45) is 0.256. The molecule has 0 aromatic carbocycles. The molecule has 0 saturated heterocycles. The van der Waals surface area contributed by atoms with Crippen molar-refractivity contribution < 1.29 is 4.79 Å². The van der Waals surface area contributed by atoms with Gasteiger partial charge in [0.2, 0.25) is 5.91 Å². The van der Waals surface area contributed by atoms with Gasteiger partial charge in [0.1, 0.15) is 11.6 Å². The number of rotatable bonds is 4. The van der Waals surface area contributed by atoms with Crippen molar-refractivity contribution in [3.63, 3.8) is 0 Å². The number of nitrogens with two attached hydrogens (primary N) is 3. The monoisotopic (exact) mass is 195 g/mol. The number of hydrogen-bond acceptors (Lipinski definition) is 5. The lowest BCUT2D eigenvalue weighted by molar-refractivity contribution is -0.117. The number of amides is 1. The molecule has 76 valence electrons. The van der Waals surface area contributed by atoms with Gasteiger partial charge in [-0.15, -0.1) is 0 Å². The first-order valence-corrected chi connectivity index (χ1v) is 4.14. The Bertz CT molecular complexity index is 339. The predicted octanol–water partition coefficient (Wildman–Crippen LogP) is -0.467. The first-order valence-electron chi connectivity index (χ1n) is 4.14. The third-order valence-electron chi connectivity index (χ3n) is 1.63. The van der Waals surface area contributed by atoms with Crippen LogP contribution in [-0.2, 0) is 4.79 Å². The number of aromatic nitrogens is 1. The highest BCUT2D eigenvalue weighted by Gasteiger charge is 1.99. The van der Waals surface area contributed by atoms with Crippen LogP contribution in [0.3, 0.4) is 0 Å². The van der Waals surface area contributed by atoms with Gasteiger partial charge in [-0.05, 0) is 12.1 Å². The van der Waals surface area contributed by atoms with Crippen molar-refractivity contribution in [2.45, 2.75) is 6.42 Å². The molecule has 6 nitrogen and oxygen atoms in total. The summed E-state index contributed by atoms with van der Waals surface area (Å²) < 4.78 is 0. The van der Waals surface area contributed by atoms with Gasteiger partial charge >= 0.3 is 0 Å². The standard InChI is InChI=1S/C8H13N5O/c9-5-1-2-7(13-8(5)11)12-4-3-6(10)14/h1-2H,3-4,9H2,(H2,10,14)(H3,11,12,13). The summed E-state index contributed by atoms with van der Waals surface area (Å²) in [5, 5.41) is 2.90. The van der Waals surface area contributed by atoms with E-state index in [2.05, 4.69) is 10.3 Å².